The summed E-state index contributed by atoms with van der Waals surface area (Å²) in [4.78, 5) is 0.393. The molecule has 0 aliphatic carbocycles. The third kappa shape index (κ3) is 4.68. The van der Waals surface area contributed by atoms with Crippen LogP contribution in [0.5, 0.6) is 0 Å². The summed E-state index contributed by atoms with van der Waals surface area (Å²) in [7, 11) is -3.43. The summed E-state index contributed by atoms with van der Waals surface area (Å²) in [5.41, 5.74) is 1.75. The first-order chi connectivity index (χ1) is 9.32. The van der Waals surface area contributed by atoms with Crippen molar-refractivity contribution in [3.8, 4) is 0 Å². The molecule has 1 aromatic rings. The van der Waals surface area contributed by atoms with Crippen molar-refractivity contribution in [1.82, 2.24) is 10.0 Å². The molecule has 0 radical (unpaired) electrons. The molecule has 0 saturated carbocycles. The molecule has 0 amide bonds. The fourth-order valence-corrected chi connectivity index (χ4v) is 4.14. The maximum absolute atomic E-state index is 12.5. The fraction of sp³-hybridized carbons (Fsp3) is 0.600. The van der Waals surface area contributed by atoms with E-state index in [1.807, 2.05) is 26.0 Å². The molecule has 1 aliphatic rings. The number of nitrogens with one attached hydrogen (secondary N) is 2. The molecule has 0 spiro atoms. The van der Waals surface area contributed by atoms with Crippen LogP contribution in [0.3, 0.4) is 0 Å². The minimum atomic E-state index is -3.43. The van der Waals surface area contributed by atoms with Gasteiger partial charge in [0.25, 0.3) is 0 Å². The van der Waals surface area contributed by atoms with Crippen molar-refractivity contribution in [2.75, 3.05) is 19.6 Å². The van der Waals surface area contributed by atoms with Gasteiger partial charge in [0.2, 0.25) is 10.0 Å². The van der Waals surface area contributed by atoms with E-state index in [0.717, 1.165) is 37.1 Å². The average Bonchev–Trinajstić information content (AvgIpc) is 2.40. The predicted octanol–water partition coefficient (Wildman–Crippen LogP) is 2.39. The lowest BCUT2D eigenvalue weighted by atomic mass is 9.83. The summed E-state index contributed by atoms with van der Waals surface area (Å²) in [6, 6.07) is 5.52. The van der Waals surface area contributed by atoms with Gasteiger partial charge in [0.05, 0.1) is 4.90 Å². The van der Waals surface area contributed by atoms with E-state index in [1.165, 1.54) is 0 Å². The number of aryl methyl sites for hydroxylation is 2. The molecule has 21 heavy (non-hydrogen) atoms. The molecule has 2 rings (SSSR count). The Morgan fingerprint density at radius 1 is 1.33 bits per heavy atom. The number of halogens is 1. The van der Waals surface area contributed by atoms with E-state index in [9.17, 15) is 8.42 Å². The molecule has 0 aromatic heterocycles. The molecule has 1 fully saturated rings. The predicted molar refractivity (Wildman–Crippen MR) is 88.6 cm³/mol. The zero-order valence-corrected chi connectivity index (χ0v) is 14.5. The topological polar surface area (TPSA) is 58.2 Å². The quantitative estimate of drug-likeness (QED) is 0.890. The smallest absolute Gasteiger partial charge is 0.240 e. The Morgan fingerprint density at radius 2 is 2.05 bits per heavy atom. The minimum Gasteiger partial charge on any atom is -0.316 e. The summed E-state index contributed by atoms with van der Waals surface area (Å²) in [6.45, 7) is 8.24. The number of hydrogen-bond acceptors (Lipinski definition) is 3. The van der Waals surface area contributed by atoms with Gasteiger partial charge in [-0.05, 0) is 55.8 Å². The van der Waals surface area contributed by atoms with Gasteiger partial charge >= 0.3 is 0 Å². The molecule has 1 atom stereocenters. The van der Waals surface area contributed by atoms with Gasteiger partial charge in [-0.1, -0.05) is 19.1 Å². The van der Waals surface area contributed by atoms with Crippen LogP contribution in [-0.4, -0.2) is 28.1 Å². The Bertz CT molecular complexity index is 581. The number of benzene rings is 1. The third-order valence-corrected chi connectivity index (χ3v) is 5.55. The Hall–Kier alpha value is -0.620. The Kier molecular flexibility index (Phi) is 6.23. The van der Waals surface area contributed by atoms with E-state index < -0.39 is 10.0 Å². The van der Waals surface area contributed by atoms with Crippen molar-refractivity contribution < 1.29 is 8.42 Å². The van der Waals surface area contributed by atoms with Crippen molar-refractivity contribution in [3.63, 3.8) is 0 Å². The molecular weight excluding hydrogens is 308 g/mol. The molecule has 120 valence electrons. The van der Waals surface area contributed by atoms with Crippen molar-refractivity contribution in [3.05, 3.63) is 29.3 Å². The van der Waals surface area contributed by atoms with E-state index in [-0.39, 0.29) is 17.8 Å². The first-order valence-electron chi connectivity index (χ1n) is 7.10. The lowest BCUT2D eigenvalue weighted by Crippen LogP contribution is -2.45. The van der Waals surface area contributed by atoms with Gasteiger partial charge in [-0.25, -0.2) is 13.1 Å². The maximum atomic E-state index is 12.5. The maximum Gasteiger partial charge on any atom is 0.240 e. The van der Waals surface area contributed by atoms with Crippen molar-refractivity contribution in [2.24, 2.45) is 5.41 Å². The lowest BCUT2D eigenvalue weighted by molar-refractivity contribution is 0.238. The van der Waals surface area contributed by atoms with Crippen molar-refractivity contribution in [2.45, 2.75) is 38.5 Å². The largest absolute Gasteiger partial charge is 0.316 e. The van der Waals surface area contributed by atoms with Crippen LogP contribution in [0.2, 0.25) is 0 Å². The molecule has 1 unspecified atom stereocenters. The van der Waals surface area contributed by atoms with E-state index in [2.05, 4.69) is 17.0 Å². The zero-order chi connectivity index (χ0) is 14.8. The first kappa shape index (κ1) is 18.4. The van der Waals surface area contributed by atoms with Crippen LogP contribution in [0.15, 0.2) is 23.1 Å². The van der Waals surface area contributed by atoms with Crippen LogP contribution in [0, 0.1) is 19.3 Å². The van der Waals surface area contributed by atoms with Crippen LogP contribution in [0.1, 0.15) is 30.9 Å². The summed E-state index contributed by atoms with van der Waals surface area (Å²) in [6.07, 6.45) is 2.15. The van der Waals surface area contributed by atoms with Crippen LogP contribution >= 0.6 is 12.4 Å². The van der Waals surface area contributed by atoms with Gasteiger partial charge in [0, 0.05) is 13.1 Å². The normalized spacial score (nSPS) is 22.6. The summed E-state index contributed by atoms with van der Waals surface area (Å²) in [5, 5.41) is 3.34. The van der Waals surface area contributed by atoms with Crippen LogP contribution < -0.4 is 10.0 Å². The molecular formula is C15H25ClN2O2S. The highest BCUT2D eigenvalue weighted by atomic mass is 35.5. The summed E-state index contributed by atoms with van der Waals surface area (Å²) < 4.78 is 27.7. The second-order valence-corrected chi connectivity index (χ2v) is 7.92. The monoisotopic (exact) mass is 332 g/mol. The van der Waals surface area contributed by atoms with Gasteiger partial charge in [0.1, 0.15) is 0 Å². The van der Waals surface area contributed by atoms with Crippen molar-refractivity contribution in [1.29, 1.82) is 0 Å². The Balaban J connectivity index is 0.00000220. The summed E-state index contributed by atoms with van der Waals surface area (Å²) >= 11 is 0. The number of hydrogen-bond donors (Lipinski definition) is 2. The molecule has 1 aliphatic heterocycles. The number of piperidine rings is 1. The minimum absolute atomic E-state index is 0. The SMILES string of the molecule is Cc1ccc(C)c(S(=O)(=O)NCC2(C)CCCNC2)c1.Cl. The van der Waals surface area contributed by atoms with E-state index >= 15 is 0 Å². The summed E-state index contributed by atoms with van der Waals surface area (Å²) in [5.74, 6) is 0. The van der Waals surface area contributed by atoms with Crippen LogP contribution in [-0.2, 0) is 10.0 Å². The number of rotatable bonds is 4. The van der Waals surface area contributed by atoms with E-state index in [1.54, 1.807) is 6.07 Å². The van der Waals surface area contributed by atoms with Crippen LogP contribution in [0.4, 0.5) is 0 Å². The standard InChI is InChI=1S/C15H24N2O2S.ClH/c1-12-5-6-13(2)14(9-12)20(18,19)17-11-15(3)7-4-8-16-10-15;/h5-6,9,16-17H,4,7-8,10-11H2,1-3H3;1H. The number of sulfonamides is 1. The molecule has 1 aromatic carbocycles. The van der Waals surface area contributed by atoms with E-state index in [0.29, 0.717) is 11.4 Å². The molecule has 6 heteroatoms. The second-order valence-electron chi connectivity index (χ2n) is 6.18. The van der Waals surface area contributed by atoms with Gasteiger partial charge in [0.15, 0.2) is 0 Å². The molecule has 0 bridgehead atoms. The second kappa shape index (κ2) is 7.09. The average molecular weight is 333 g/mol. The fourth-order valence-electron chi connectivity index (χ4n) is 2.61. The van der Waals surface area contributed by atoms with Gasteiger partial charge in [-0.15, -0.1) is 12.4 Å². The molecule has 2 N–H and O–H groups in total. The third-order valence-electron chi connectivity index (χ3n) is 4.01. The van der Waals surface area contributed by atoms with Gasteiger partial charge < -0.3 is 5.32 Å². The Labute approximate surface area is 134 Å². The van der Waals surface area contributed by atoms with Gasteiger partial charge in [-0.2, -0.15) is 0 Å². The van der Waals surface area contributed by atoms with Gasteiger partial charge in [-0.3, -0.25) is 0 Å². The zero-order valence-electron chi connectivity index (χ0n) is 12.9. The molecule has 1 heterocycles. The highest BCUT2D eigenvalue weighted by molar-refractivity contribution is 7.89. The van der Waals surface area contributed by atoms with Crippen molar-refractivity contribution >= 4 is 22.4 Å². The molecule has 1 saturated heterocycles. The lowest BCUT2D eigenvalue weighted by Gasteiger charge is -2.34. The first-order valence-corrected chi connectivity index (χ1v) is 8.58. The van der Waals surface area contributed by atoms with Crippen LogP contribution in [0.25, 0.3) is 0 Å². The van der Waals surface area contributed by atoms with E-state index in [4.69, 9.17) is 0 Å². The molecule has 4 nitrogen and oxygen atoms in total. The highest BCUT2D eigenvalue weighted by Crippen LogP contribution is 2.25. The highest BCUT2D eigenvalue weighted by Gasteiger charge is 2.29. The Morgan fingerprint density at radius 3 is 2.67 bits per heavy atom.